The third-order valence-corrected chi connectivity index (χ3v) is 4.80. The van der Waals surface area contributed by atoms with E-state index in [0.29, 0.717) is 6.54 Å². The first-order chi connectivity index (χ1) is 8.98. The number of carbonyl (C=O) groups excluding carboxylic acids is 1. The normalized spacial score (nSPS) is 11.4. The number of amides is 1. The molecule has 1 aromatic carbocycles. The molecule has 1 amide bonds. The van der Waals surface area contributed by atoms with E-state index in [9.17, 15) is 14.3 Å². The van der Waals surface area contributed by atoms with E-state index in [1.165, 1.54) is 6.07 Å². The topological polar surface area (TPSA) is 49.3 Å². The summed E-state index contributed by atoms with van der Waals surface area (Å²) in [6.07, 6.45) is 1.84. The second-order valence-electron chi connectivity index (χ2n) is 4.68. The van der Waals surface area contributed by atoms with Gasteiger partial charge in [0.15, 0.2) is 0 Å². The SMILES string of the molecule is CCC(CC)(CBr)CNC(=O)c1cc(F)ccc1O. The van der Waals surface area contributed by atoms with Gasteiger partial charge in [0, 0.05) is 11.9 Å². The summed E-state index contributed by atoms with van der Waals surface area (Å²) >= 11 is 3.47. The van der Waals surface area contributed by atoms with Crippen LogP contribution in [0.1, 0.15) is 37.0 Å². The van der Waals surface area contributed by atoms with Gasteiger partial charge in [-0.2, -0.15) is 0 Å². The molecule has 0 radical (unpaired) electrons. The van der Waals surface area contributed by atoms with Crippen molar-refractivity contribution in [2.45, 2.75) is 26.7 Å². The number of benzene rings is 1. The molecular weight excluding hydrogens is 313 g/mol. The molecule has 0 spiro atoms. The van der Waals surface area contributed by atoms with Crippen molar-refractivity contribution in [3.63, 3.8) is 0 Å². The van der Waals surface area contributed by atoms with E-state index in [1.54, 1.807) is 0 Å². The van der Waals surface area contributed by atoms with Crippen molar-refractivity contribution in [3.8, 4) is 5.75 Å². The van der Waals surface area contributed by atoms with Gasteiger partial charge in [-0.25, -0.2) is 4.39 Å². The Hall–Kier alpha value is -1.10. The first-order valence-corrected chi connectivity index (χ1v) is 7.43. The van der Waals surface area contributed by atoms with Crippen LogP contribution in [0, 0.1) is 11.2 Å². The van der Waals surface area contributed by atoms with Gasteiger partial charge in [-0.1, -0.05) is 29.8 Å². The number of nitrogens with one attached hydrogen (secondary N) is 1. The summed E-state index contributed by atoms with van der Waals surface area (Å²) in [5.74, 6) is -1.21. The quantitative estimate of drug-likeness (QED) is 0.784. The van der Waals surface area contributed by atoms with Gasteiger partial charge >= 0.3 is 0 Å². The molecule has 2 N–H and O–H groups in total. The Morgan fingerprint density at radius 1 is 1.42 bits per heavy atom. The van der Waals surface area contributed by atoms with Gasteiger partial charge < -0.3 is 10.4 Å². The van der Waals surface area contributed by atoms with Gasteiger partial charge in [0.05, 0.1) is 5.56 Å². The predicted molar refractivity (Wildman–Crippen MR) is 77.2 cm³/mol. The summed E-state index contributed by atoms with van der Waals surface area (Å²) in [6, 6.07) is 3.34. The molecule has 0 unspecified atom stereocenters. The Morgan fingerprint density at radius 3 is 2.58 bits per heavy atom. The van der Waals surface area contributed by atoms with Crippen LogP contribution in [0.4, 0.5) is 4.39 Å². The largest absolute Gasteiger partial charge is 0.507 e. The third kappa shape index (κ3) is 3.93. The van der Waals surface area contributed by atoms with E-state index in [4.69, 9.17) is 0 Å². The van der Waals surface area contributed by atoms with Crippen molar-refractivity contribution in [2.75, 3.05) is 11.9 Å². The molecule has 0 saturated heterocycles. The Bertz CT molecular complexity index is 439. The first kappa shape index (κ1) is 16.0. The highest BCUT2D eigenvalue weighted by Crippen LogP contribution is 2.28. The van der Waals surface area contributed by atoms with E-state index >= 15 is 0 Å². The first-order valence-electron chi connectivity index (χ1n) is 6.30. The molecule has 3 nitrogen and oxygen atoms in total. The molecule has 1 aromatic rings. The molecule has 0 heterocycles. The van der Waals surface area contributed by atoms with E-state index < -0.39 is 11.7 Å². The van der Waals surface area contributed by atoms with Crippen molar-refractivity contribution < 1.29 is 14.3 Å². The lowest BCUT2D eigenvalue weighted by atomic mass is 9.84. The maximum absolute atomic E-state index is 13.1. The number of alkyl halides is 1. The maximum atomic E-state index is 13.1. The molecule has 0 atom stereocenters. The Morgan fingerprint density at radius 2 is 2.05 bits per heavy atom. The van der Waals surface area contributed by atoms with Crippen LogP contribution in [0.2, 0.25) is 0 Å². The second kappa shape index (κ2) is 6.89. The van der Waals surface area contributed by atoms with Crippen molar-refractivity contribution in [1.29, 1.82) is 0 Å². The summed E-state index contributed by atoms with van der Waals surface area (Å²) in [5, 5.41) is 13.1. The maximum Gasteiger partial charge on any atom is 0.255 e. The van der Waals surface area contributed by atoms with Crippen LogP contribution < -0.4 is 5.32 Å². The number of phenolic OH excluding ortho intramolecular Hbond substituents is 1. The zero-order valence-electron chi connectivity index (χ0n) is 11.2. The standard InChI is InChI=1S/C14H19BrFNO2/c1-3-14(4-2,8-15)9-17-13(19)11-7-10(16)5-6-12(11)18/h5-7,18H,3-4,8-9H2,1-2H3,(H,17,19). The average Bonchev–Trinajstić information content (AvgIpc) is 2.43. The Balaban J connectivity index is 2.77. The fraction of sp³-hybridized carbons (Fsp3) is 0.500. The number of hydrogen-bond donors (Lipinski definition) is 2. The van der Waals surface area contributed by atoms with Gasteiger partial charge in [-0.05, 0) is 36.5 Å². The summed E-state index contributed by atoms with van der Waals surface area (Å²) < 4.78 is 13.1. The second-order valence-corrected chi connectivity index (χ2v) is 5.25. The van der Waals surface area contributed by atoms with Crippen molar-refractivity contribution in [2.24, 2.45) is 5.41 Å². The molecule has 0 fully saturated rings. The van der Waals surface area contributed by atoms with Crippen molar-refractivity contribution in [1.82, 2.24) is 5.32 Å². The minimum Gasteiger partial charge on any atom is -0.507 e. The van der Waals surface area contributed by atoms with Crippen molar-refractivity contribution in [3.05, 3.63) is 29.6 Å². The monoisotopic (exact) mass is 331 g/mol. The van der Waals surface area contributed by atoms with E-state index in [1.807, 2.05) is 0 Å². The highest BCUT2D eigenvalue weighted by atomic mass is 79.9. The van der Waals surface area contributed by atoms with Gasteiger partial charge in [0.2, 0.25) is 0 Å². The smallest absolute Gasteiger partial charge is 0.255 e. The molecule has 106 valence electrons. The predicted octanol–water partition coefficient (Wildman–Crippen LogP) is 3.46. The summed E-state index contributed by atoms with van der Waals surface area (Å²) in [5.41, 5.74) is -0.0471. The van der Waals surface area contributed by atoms with Gasteiger partial charge in [-0.15, -0.1) is 0 Å². The van der Waals surface area contributed by atoms with Gasteiger partial charge in [0.1, 0.15) is 11.6 Å². The molecule has 0 saturated carbocycles. The summed E-state index contributed by atoms with van der Waals surface area (Å²) in [6.45, 7) is 4.62. The lowest BCUT2D eigenvalue weighted by Gasteiger charge is -2.29. The fourth-order valence-electron chi connectivity index (χ4n) is 1.79. The zero-order chi connectivity index (χ0) is 14.5. The van der Waals surface area contributed by atoms with Crippen LogP contribution in [0.25, 0.3) is 0 Å². The summed E-state index contributed by atoms with van der Waals surface area (Å²) in [7, 11) is 0. The highest BCUT2D eigenvalue weighted by molar-refractivity contribution is 9.09. The lowest BCUT2D eigenvalue weighted by molar-refractivity contribution is 0.0929. The average molecular weight is 332 g/mol. The third-order valence-electron chi connectivity index (χ3n) is 3.61. The molecular formula is C14H19BrFNO2. The highest BCUT2D eigenvalue weighted by Gasteiger charge is 2.26. The van der Waals surface area contributed by atoms with Crippen LogP contribution in [-0.4, -0.2) is 22.9 Å². The molecule has 5 heteroatoms. The van der Waals surface area contributed by atoms with E-state index in [-0.39, 0.29) is 16.7 Å². The number of halogens is 2. The molecule has 1 rings (SSSR count). The number of phenols is 1. The van der Waals surface area contributed by atoms with Crippen LogP contribution >= 0.6 is 15.9 Å². The minimum atomic E-state index is -0.541. The molecule has 19 heavy (non-hydrogen) atoms. The number of rotatable bonds is 6. The Kier molecular flexibility index (Phi) is 5.79. The van der Waals surface area contributed by atoms with Gasteiger partial charge in [-0.3, -0.25) is 4.79 Å². The van der Waals surface area contributed by atoms with Crippen LogP contribution in [0.3, 0.4) is 0 Å². The minimum absolute atomic E-state index is 0.0153. The zero-order valence-corrected chi connectivity index (χ0v) is 12.8. The molecule has 0 aliphatic carbocycles. The van der Waals surface area contributed by atoms with E-state index in [0.717, 1.165) is 30.3 Å². The van der Waals surface area contributed by atoms with Crippen LogP contribution in [0.15, 0.2) is 18.2 Å². The molecule has 0 aliphatic heterocycles. The molecule has 0 bridgehead atoms. The number of hydrogen-bond acceptors (Lipinski definition) is 2. The van der Waals surface area contributed by atoms with E-state index in [2.05, 4.69) is 35.1 Å². The van der Waals surface area contributed by atoms with Crippen LogP contribution in [0.5, 0.6) is 5.75 Å². The van der Waals surface area contributed by atoms with Crippen molar-refractivity contribution >= 4 is 21.8 Å². The van der Waals surface area contributed by atoms with Gasteiger partial charge in [0.25, 0.3) is 5.91 Å². The lowest BCUT2D eigenvalue weighted by Crippen LogP contribution is -2.38. The number of aromatic hydroxyl groups is 1. The molecule has 0 aliphatic rings. The summed E-state index contributed by atoms with van der Waals surface area (Å²) in [4.78, 5) is 12.0. The van der Waals surface area contributed by atoms with Crippen LogP contribution in [-0.2, 0) is 0 Å². The number of carbonyl (C=O) groups is 1. The molecule has 0 aromatic heterocycles. The Labute approximate surface area is 121 Å². The fourth-order valence-corrected chi connectivity index (χ4v) is 2.78.